The molecule has 5 rings (SSSR count). The Balaban J connectivity index is 1.53. The summed E-state index contributed by atoms with van der Waals surface area (Å²) in [5.41, 5.74) is -1.24. The average Bonchev–Trinajstić information content (AvgIpc) is 3.48. The molecule has 5 fully saturated rings. The second-order valence-corrected chi connectivity index (χ2v) is 15.6. The van der Waals surface area contributed by atoms with E-state index in [-0.39, 0.29) is 82.0 Å². The van der Waals surface area contributed by atoms with Crippen LogP contribution in [0.5, 0.6) is 0 Å². The van der Waals surface area contributed by atoms with Crippen molar-refractivity contribution in [3.63, 3.8) is 0 Å². The Kier molecular flexibility index (Phi) is 6.71. The van der Waals surface area contributed by atoms with E-state index >= 15 is 0 Å². The van der Waals surface area contributed by atoms with Gasteiger partial charge in [-0.2, -0.15) is 0 Å². The molecule has 3 N–H and O–H groups in total. The zero-order valence-electron chi connectivity index (χ0n) is 25.8. The number of hydrogen-bond donors (Lipinski definition) is 3. The number of aliphatic hydroxyl groups is 1. The fourth-order valence-electron chi connectivity index (χ4n) is 11.3. The molecule has 39 heavy (non-hydrogen) atoms. The van der Waals surface area contributed by atoms with Crippen LogP contribution >= 0.6 is 0 Å². The molecular weight excluding hydrogens is 492 g/mol. The summed E-state index contributed by atoms with van der Waals surface area (Å²) in [6, 6.07) is 0.181. The van der Waals surface area contributed by atoms with Gasteiger partial charge in [0, 0.05) is 36.1 Å². The largest absolute Gasteiger partial charge is 0.462 e. The summed E-state index contributed by atoms with van der Waals surface area (Å²) in [6.45, 7) is 14.5. The highest BCUT2D eigenvalue weighted by Crippen LogP contribution is 2.87. The number of nitrogens with one attached hydrogen (secondary N) is 2. The maximum Gasteiger partial charge on any atom is 0.302 e. The number of ketones is 1. The number of fused-ring (bicyclic) bond motifs is 2. The lowest BCUT2D eigenvalue weighted by atomic mass is 9.41. The van der Waals surface area contributed by atoms with Crippen LogP contribution in [0.1, 0.15) is 93.4 Å². The molecule has 0 aromatic heterocycles. The first-order valence-electron chi connectivity index (χ1n) is 15.5. The third kappa shape index (κ3) is 3.57. The van der Waals surface area contributed by atoms with Crippen LogP contribution in [0.15, 0.2) is 0 Å². The molecule has 5 saturated carbocycles. The predicted octanol–water partition coefficient (Wildman–Crippen LogP) is 2.79. The van der Waals surface area contributed by atoms with Gasteiger partial charge < -0.3 is 20.1 Å². The lowest BCUT2D eigenvalue weighted by Crippen LogP contribution is -3.11. The SMILES string of the molecule is CC(=O)O[C@@H]1C[C@@]2(C)[C@@H]3CC[C@@H]4C5(CC[C@H](NC(=O)C(C)C)[C@@]4(C)CO)C[C@@]35C(=O)C[C@]2(C)[C@H]1[C@H](C)[NH+](C)C. The summed E-state index contributed by atoms with van der Waals surface area (Å²) in [4.78, 5) is 40.9. The number of esters is 1. The van der Waals surface area contributed by atoms with Crippen LogP contribution in [0.4, 0.5) is 0 Å². The monoisotopic (exact) mass is 545 g/mol. The molecule has 5 aliphatic carbocycles. The Morgan fingerprint density at radius 3 is 2.28 bits per heavy atom. The van der Waals surface area contributed by atoms with E-state index in [0.29, 0.717) is 12.2 Å². The molecule has 7 heteroatoms. The number of rotatable bonds is 6. The Morgan fingerprint density at radius 1 is 1.08 bits per heavy atom. The van der Waals surface area contributed by atoms with E-state index in [4.69, 9.17) is 4.74 Å². The van der Waals surface area contributed by atoms with Crippen LogP contribution in [0.2, 0.25) is 0 Å². The zero-order chi connectivity index (χ0) is 28.9. The van der Waals surface area contributed by atoms with Gasteiger partial charge in [-0.15, -0.1) is 0 Å². The molecule has 2 spiro atoms. The van der Waals surface area contributed by atoms with E-state index in [1.54, 1.807) is 0 Å². The Labute approximate surface area is 235 Å². The highest BCUT2D eigenvalue weighted by molar-refractivity contribution is 5.92. The van der Waals surface area contributed by atoms with Gasteiger partial charge in [0.25, 0.3) is 0 Å². The van der Waals surface area contributed by atoms with Crippen molar-refractivity contribution in [2.75, 3.05) is 20.7 Å². The predicted molar refractivity (Wildman–Crippen MR) is 149 cm³/mol. The van der Waals surface area contributed by atoms with Gasteiger partial charge in [-0.3, -0.25) is 14.4 Å². The molecule has 1 amide bonds. The van der Waals surface area contributed by atoms with Crippen molar-refractivity contribution >= 4 is 17.7 Å². The fraction of sp³-hybridized carbons (Fsp3) is 0.906. The van der Waals surface area contributed by atoms with Gasteiger partial charge in [0.1, 0.15) is 11.9 Å². The van der Waals surface area contributed by atoms with Gasteiger partial charge in [-0.1, -0.05) is 34.6 Å². The molecule has 0 aromatic carbocycles. The van der Waals surface area contributed by atoms with Gasteiger partial charge in [0.2, 0.25) is 5.91 Å². The number of quaternary nitrogens is 1. The smallest absolute Gasteiger partial charge is 0.302 e. The highest BCUT2D eigenvalue weighted by atomic mass is 16.5. The van der Waals surface area contributed by atoms with E-state index < -0.39 is 5.41 Å². The summed E-state index contributed by atoms with van der Waals surface area (Å²) in [6.07, 6.45) is 5.75. The third-order valence-corrected chi connectivity index (χ3v) is 13.6. The molecule has 1 unspecified atom stereocenters. The van der Waals surface area contributed by atoms with Gasteiger partial charge >= 0.3 is 5.97 Å². The molecule has 0 heterocycles. The Hall–Kier alpha value is -1.47. The molecule has 0 aliphatic heterocycles. The maximum atomic E-state index is 14.6. The molecule has 0 radical (unpaired) electrons. The number of Topliss-reactive ketones (excluding diaryl/α,β-unsaturated/α-hetero) is 1. The maximum absolute atomic E-state index is 14.6. The lowest BCUT2D eigenvalue weighted by molar-refractivity contribution is -0.889. The summed E-state index contributed by atoms with van der Waals surface area (Å²) in [5, 5.41) is 14.1. The second-order valence-electron chi connectivity index (χ2n) is 15.6. The number of aliphatic hydroxyl groups excluding tert-OH is 1. The van der Waals surface area contributed by atoms with E-state index in [0.717, 1.165) is 38.5 Å². The second kappa shape index (κ2) is 9.01. The van der Waals surface area contributed by atoms with Crippen LogP contribution in [-0.2, 0) is 19.1 Å². The van der Waals surface area contributed by atoms with Gasteiger partial charge in [-0.25, -0.2) is 0 Å². The first kappa shape index (κ1) is 29.0. The Bertz CT molecular complexity index is 1060. The minimum Gasteiger partial charge on any atom is -0.462 e. The number of amides is 1. The minimum atomic E-state index is -0.444. The van der Waals surface area contributed by atoms with E-state index in [2.05, 4.69) is 47.1 Å². The van der Waals surface area contributed by atoms with Crippen LogP contribution in [0.25, 0.3) is 0 Å². The van der Waals surface area contributed by atoms with Crippen LogP contribution in [-0.4, -0.2) is 61.7 Å². The van der Waals surface area contributed by atoms with Crippen LogP contribution < -0.4 is 10.2 Å². The lowest BCUT2D eigenvalue weighted by Gasteiger charge is -2.62. The summed E-state index contributed by atoms with van der Waals surface area (Å²) in [5.74, 6) is 0.704. The highest BCUT2D eigenvalue weighted by Gasteiger charge is 2.86. The van der Waals surface area contributed by atoms with Crippen LogP contribution in [0, 0.1) is 50.7 Å². The van der Waals surface area contributed by atoms with Crippen molar-refractivity contribution in [2.24, 2.45) is 50.7 Å². The topological polar surface area (TPSA) is 97.1 Å². The molecule has 0 aromatic rings. The van der Waals surface area contributed by atoms with E-state index in [9.17, 15) is 19.5 Å². The number of carbonyl (C=O) groups is 3. The van der Waals surface area contributed by atoms with Crippen molar-refractivity contribution < 1.29 is 29.1 Å². The first-order valence-corrected chi connectivity index (χ1v) is 15.5. The number of hydrogen-bond acceptors (Lipinski definition) is 5. The molecule has 5 aliphatic rings. The van der Waals surface area contributed by atoms with Gasteiger partial charge in [-0.05, 0) is 73.5 Å². The van der Waals surface area contributed by atoms with Crippen molar-refractivity contribution in [3.8, 4) is 0 Å². The number of ether oxygens (including phenoxy) is 1. The van der Waals surface area contributed by atoms with Crippen molar-refractivity contribution in [1.29, 1.82) is 0 Å². The van der Waals surface area contributed by atoms with E-state index in [1.165, 1.54) is 11.8 Å². The normalized spacial score (nSPS) is 49.0. The van der Waals surface area contributed by atoms with Crippen LogP contribution in [0.3, 0.4) is 0 Å². The summed E-state index contributed by atoms with van der Waals surface area (Å²) in [7, 11) is 4.32. The summed E-state index contributed by atoms with van der Waals surface area (Å²) < 4.78 is 6.07. The standard InChI is InChI=1S/C32H52N2O5/c1-18(2)27(38)33-24-12-13-31-16-32(31)23(11-10-22(31)28(24,5)17-35)29(6)14-21(39-20(4)36)26(19(3)34(8)9)30(29,7)15-25(32)37/h18-19,21-24,26,35H,10-17H2,1-9H3,(H,33,38)/p+1/t19-,21+,22-,23-,24-,26-,28-,29-,30+,31?,32-/m0/s1. The third-order valence-electron chi connectivity index (χ3n) is 13.6. The van der Waals surface area contributed by atoms with Crippen molar-refractivity contribution in [2.45, 2.75) is 112 Å². The zero-order valence-corrected chi connectivity index (χ0v) is 25.8. The first-order chi connectivity index (χ1) is 18.1. The van der Waals surface area contributed by atoms with E-state index in [1.807, 2.05) is 13.8 Å². The van der Waals surface area contributed by atoms with Crippen molar-refractivity contribution in [1.82, 2.24) is 5.32 Å². The van der Waals surface area contributed by atoms with Gasteiger partial charge in [0.15, 0.2) is 0 Å². The summed E-state index contributed by atoms with van der Waals surface area (Å²) >= 11 is 0. The molecule has 11 atom stereocenters. The van der Waals surface area contributed by atoms with Crippen molar-refractivity contribution in [3.05, 3.63) is 0 Å². The van der Waals surface area contributed by atoms with Gasteiger partial charge in [0.05, 0.1) is 32.7 Å². The quantitative estimate of drug-likeness (QED) is 0.446. The molecule has 0 bridgehead atoms. The Morgan fingerprint density at radius 2 is 1.72 bits per heavy atom. The number of carbonyl (C=O) groups excluding carboxylic acids is 3. The minimum absolute atomic E-state index is 0.0199. The molecular formula is C32H53N2O5+. The molecule has 220 valence electrons. The molecule has 7 nitrogen and oxygen atoms in total. The average molecular weight is 546 g/mol. The molecule has 0 saturated heterocycles. The fourth-order valence-corrected chi connectivity index (χ4v) is 11.3.